The lowest BCUT2D eigenvalue weighted by Gasteiger charge is -2.14. The quantitative estimate of drug-likeness (QED) is 0.862. The number of carboxylic acids is 1. The zero-order valence-corrected chi connectivity index (χ0v) is 9.25. The van der Waals surface area contributed by atoms with E-state index in [9.17, 15) is 9.18 Å². The summed E-state index contributed by atoms with van der Waals surface area (Å²) in [6.07, 6.45) is 1.94. The lowest BCUT2D eigenvalue weighted by atomic mass is 10.1. The molecule has 18 heavy (non-hydrogen) atoms. The average molecular weight is 247 g/mol. The van der Waals surface area contributed by atoms with Gasteiger partial charge in [0.2, 0.25) is 5.95 Å². The van der Waals surface area contributed by atoms with Gasteiger partial charge in [-0.15, -0.1) is 0 Å². The molecule has 1 aromatic carbocycles. The number of halogens is 1. The molecule has 0 spiro atoms. The molecule has 92 valence electrons. The highest BCUT2D eigenvalue weighted by atomic mass is 19.1. The van der Waals surface area contributed by atoms with Gasteiger partial charge >= 0.3 is 5.97 Å². The summed E-state index contributed by atoms with van der Waals surface area (Å²) in [5, 5.41) is 11.8. The molecule has 6 heteroatoms. The van der Waals surface area contributed by atoms with Crippen molar-refractivity contribution in [3.05, 3.63) is 54.1 Å². The van der Waals surface area contributed by atoms with Gasteiger partial charge in [-0.1, -0.05) is 30.3 Å². The summed E-state index contributed by atoms with van der Waals surface area (Å²) in [6.45, 7) is 0. The van der Waals surface area contributed by atoms with Gasteiger partial charge in [-0.25, -0.2) is 19.2 Å². The maximum absolute atomic E-state index is 12.6. The molecule has 0 saturated carbocycles. The predicted molar refractivity (Wildman–Crippen MR) is 62.4 cm³/mol. The van der Waals surface area contributed by atoms with Crippen LogP contribution in [0.15, 0.2) is 42.7 Å². The van der Waals surface area contributed by atoms with Gasteiger partial charge in [-0.05, 0) is 5.56 Å². The third-order valence-corrected chi connectivity index (χ3v) is 2.27. The van der Waals surface area contributed by atoms with Crippen LogP contribution in [-0.4, -0.2) is 21.0 Å². The third kappa shape index (κ3) is 2.79. The third-order valence-electron chi connectivity index (χ3n) is 2.27. The summed E-state index contributed by atoms with van der Waals surface area (Å²) in [4.78, 5) is 18.5. The molecule has 2 aromatic rings. The van der Waals surface area contributed by atoms with Crippen LogP contribution in [0, 0.1) is 5.82 Å². The minimum absolute atomic E-state index is 0.0626. The van der Waals surface area contributed by atoms with E-state index in [4.69, 9.17) is 5.11 Å². The topological polar surface area (TPSA) is 75.1 Å². The van der Waals surface area contributed by atoms with Crippen molar-refractivity contribution in [3.63, 3.8) is 0 Å². The first-order chi connectivity index (χ1) is 8.66. The Bertz CT molecular complexity index is 531. The summed E-state index contributed by atoms with van der Waals surface area (Å²) in [6, 6.07) is 7.63. The summed E-state index contributed by atoms with van der Waals surface area (Å²) >= 11 is 0. The summed E-state index contributed by atoms with van der Waals surface area (Å²) in [5.41, 5.74) is 0.568. The van der Waals surface area contributed by atoms with Gasteiger partial charge in [0.05, 0.1) is 12.4 Å². The molecular weight excluding hydrogens is 237 g/mol. The van der Waals surface area contributed by atoms with Crippen molar-refractivity contribution in [1.82, 2.24) is 9.97 Å². The van der Waals surface area contributed by atoms with E-state index < -0.39 is 17.8 Å². The summed E-state index contributed by atoms with van der Waals surface area (Å²) in [5.74, 6) is -1.58. The predicted octanol–water partition coefficient (Wildman–Crippen LogP) is 1.85. The van der Waals surface area contributed by atoms with Crippen LogP contribution in [0.5, 0.6) is 0 Å². The number of benzene rings is 1. The molecule has 0 saturated heterocycles. The Morgan fingerprint density at radius 1 is 1.22 bits per heavy atom. The van der Waals surface area contributed by atoms with Gasteiger partial charge in [-0.2, -0.15) is 0 Å². The van der Waals surface area contributed by atoms with Crippen LogP contribution in [0.25, 0.3) is 0 Å². The second kappa shape index (κ2) is 5.22. The van der Waals surface area contributed by atoms with Crippen molar-refractivity contribution >= 4 is 11.9 Å². The SMILES string of the molecule is O=C(O)C(Nc1ncc(F)cn1)c1ccccc1. The molecular formula is C12H10FN3O2. The fourth-order valence-electron chi connectivity index (χ4n) is 1.45. The van der Waals surface area contributed by atoms with Crippen LogP contribution >= 0.6 is 0 Å². The van der Waals surface area contributed by atoms with Crippen LogP contribution in [0.3, 0.4) is 0 Å². The smallest absolute Gasteiger partial charge is 0.330 e. The highest BCUT2D eigenvalue weighted by Gasteiger charge is 2.20. The second-order valence-corrected chi connectivity index (χ2v) is 3.55. The fourth-order valence-corrected chi connectivity index (χ4v) is 1.45. The molecule has 1 atom stereocenters. The summed E-state index contributed by atoms with van der Waals surface area (Å²) in [7, 11) is 0. The Balaban J connectivity index is 2.22. The number of anilines is 1. The van der Waals surface area contributed by atoms with Crippen molar-refractivity contribution in [1.29, 1.82) is 0 Å². The van der Waals surface area contributed by atoms with E-state index in [1.807, 2.05) is 0 Å². The van der Waals surface area contributed by atoms with Crippen LogP contribution in [0.4, 0.5) is 10.3 Å². The van der Waals surface area contributed by atoms with E-state index in [1.54, 1.807) is 30.3 Å². The standard InChI is InChI=1S/C12H10FN3O2/c13-9-6-14-12(15-7-9)16-10(11(17)18)8-4-2-1-3-5-8/h1-7,10H,(H,17,18)(H,14,15,16). The zero-order chi connectivity index (χ0) is 13.0. The maximum atomic E-state index is 12.6. The van der Waals surface area contributed by atoms with Gasteiger partial charge in [0, 0.05) is 0 Å². The summed E-state index contributed by atoms with van der Waals surface area (Å²) < 4.78 is 12.6. The van der Waals surface area contributed by atoms with Crippen molar-refractivity contribution in [2.45, 2.75) is 6.04 Å². The Morgan fingerprint density at radius 2 is 1.83 bits per heavy atom. The largest absolute Gasteiger partial charge is 0.479 e. The van der Waals surface area contributed by atoms with Gasteiger partial charge < -0.3 is 10.4 Å². The van der Waals surface area contributed by atoms with Crippen LogP contribution in [0.1, 0.15) is 11.6 Å². The molecule has 0 aliphatic carbocycles. The number of carbonyl (C=O) groups is 1. The number of rotatable bonds is 4. The molecule has 2 rings (SSSR count). The Hall–Kier alpha value is -2.50. The number of aliphatic carboxylic acids is 1. The normalized spacial score (nSPS) is 11.8. The van der Waals surface area contributed by atoms with Crippen LogP contribution in [-0.2, 0) is 4.79 Å². The molecule has 2 N–H and O–H groups in total. The van der Waals surface area contributed by atoms with E-state index >= 15 is 0 Å². The van der Waals surface area contributed by atoms with E-state index in [0.717, 1.165) is 12.4 Å². The molecule has 0 aliphatic rings. The minimum Gasteiger partial charge on any atom is -0.479 e. The first-order valence-corrected chi connectivity index (χ1v) is 5.18. The van der Waals surface area contributed by atoms with E-state index in [2.05, 4.69) is 15.3 Å². The molecule has 1 aromatic heterocycles. The fraction of sp³-hybridized carbons (Fsp3) is 0.0833. The first kappa shape index (κ1) is 12.0. The van der Waals surface area contributed by atoms with Gasteiger partial charge in [-0.3, -0.25) is 0 Å². The van der Waals surface area contributed by atoms with Crippen molar-refractivity contribution in [2.24, 2.45) is 0 Å². The zero-order valence-electron chi connectivity index (χ0n) is 9.25. The highest BCUT2D eigenvalue weighted by molar-refractivity contribution is 5.78. The Kier molecular flexibility index (Phi) is 3.47. The van der Waals surface area contributed by atoms with Crippen molar-refractivity contribution in [3.8, 4) is 0 Å². The number of aromatic nitrogens is 2. The van der Waals surface area contributed by atoms with Crippen molar-refractivity contribution in [2.75, 3.05) is 5.32 Å². The minimum atomic E-state index is -1.06. The average Bonchev–Trinajstić information content (AvgIpc) is 2.38. The lowest BCUT2D eigenvalue weighted by Crippen LogP contribution is -2.21. The van der Waals surface area contributed by atoms with Crippen LogP contribution in [0.2, 0.25) is 0 Å². The van der Waals surface area contributed by atoms with Gasteiger partial charge in [0.25, 0.3) is 0 Å². The Labute approximate surface area is 102 Å². The molecule has 5 nitrogen and oxygen atoms in total. The first-order valence-electron chi connectivity index (χ1n) is 5.18. The van der Waals surface area contributed by atoms with E-state index in [0.29, 0.717) is 5.56 Å². The lowest BCUT2D eigenvalue weighted by molar-refractivity contribution is -0.138. The van der Waals surface area contributed by atoms with E-state index in [-0.39, 0.29) is 5.95 Å². The van der Waals surface area contributed by atoms with Gasteiger partial charge in [0.15, 0.2) is 11.9 Å². The maximum Gasteiger partial charge on any atom is 0.330 e. The number of hydrogen-bond acceptors (Lipinski definition) is 4. The molecule has 0 bridgehead atoms. The van der Waals surface area contributed by atoms with Crippen LogP contribution < -0.4 is 5.32 Å². The Morgan fingerprint density at radius 3 is 2.39 bits per heavy atom. The molecule has 1 unspecified atom stereocenters. The molecule has 0 aliphatic heterocycles. The number of nitrogens with one attached hydrogen (secondary N) is 1. The molecule has 0 fully saturated rings. The van der Waals surface area contributed by atoms with Crippen molar-refractivity contribution < 1.29 is 14.3 Å². The number of nitrogens with zero attached hydrogens (tertiary/aromatic N) is 2. The molecule has 0 radical (unpaired) electrons. The van der Waals surface area contributed by atoms with E-state index in [1.165, 1.54) is 0 Å². The number of hydrogen-bond donors (Lipinski definition) is 2. The number of carboxylic acid groups (broad SMARTS) is 1. The highest BCUT2D eigenvalue weighted by Crippen LogP contribution is 2.17. The monoisotopic (exact) mass is 247 g/mol. The van der Waals surface area contributed by atoms with Gasteiger partial charge in [0.1, 0.15) is 0 Å². The molecule has 0 amide bonds. The second-order valence-electron chi connectivity index (χ2n) is 3.55. The molecule has 1 heterocycles.